The minimum Gasteiger partial charge on any atom is -0.456 e. The zero-order valence-corrected chi connectivity index (χ0v) is 73.1. The zero-order chi connectivity index (χ0) is 87.9. The summed E-state index contributed by atoms with van der Waals surface area (Å²) in [4.78, 5) is 0. The van der Waals surface area contributed by atoms with Crippen molar-refractivity contribution in [3.8, 4) is 106 Å². The lowest BCUT2D eigenvalue weighted by molar-refractivity contribution is 0.668. The van der Waals surface area contributed by atoms with Crippen LogP contribution in [0.15, 0.2) is 453 Å². The molecule has 0 bridgehead atoms. The second-order valence-corrected chi connectivity index (χ2v) is 37.1. The first-order valence-electron chi connectivity index (χ1n) is 45.9. The Bertz CT molecular complexity index is 10300. The first-order valence-corrected chi connectivity index (χ1v) is 46.7. The Morgan fingerprint density at radius 1 is 0.163 bits per heavy atom. The molecule has 0 radical (unpaired) electrons. The molecular formula is C126H71N3O5S. The van der Waals surface area contributed by atoms with Crippen LogP contribution in [0.4, 0.5) is 0 Å². The molecule has 8 nitrogen and oxygen atoms in total. The van der Waals surface area contributed by atoms with Gasteiger partial charge in [0.25, 0.3) is 0 Å². The maximum absolute atomic E-state index is 7.30. The highest BCUT2D eigenvalue weighted by molar-refractivity contribution is 7.26. The van der Waals surface area contributed by atoms with Crippen molar-refractivity contribution in [1.82, 2.24) is 13.7 Å². The monoisotopic (exact) mass is 1740 g/mol. The molecule has 9 aromatic heterocycles. The van der Waals surface area contributed by atoms with Crippen molar-refractivity contribution in [2.45, 2.75) is 0 Å². The van der Waals surface area contributed by atoms with Crippen LogP contribution in [0.3, 0.4) is 0 Å². The third kappa shape index (κ3) is 11.2. The minimum atomic E-state index is 0.824. The lowest BCUT2D eigenvalue weighted by Crippen LogP contribution is -1.94. The van der Waals surface area contributed by atoms with Gasteiger partial charge in [-0.25, -0.2) is 0 Å². The maximum atomic E-state index is 7.30. The third-order valence-electron chi connectivity index (χ3n) is 28.7. The van der Waals surface area contributed by atoms with E-state index in [1.807, 2.05) is 47.7 Å². The fraction of sp³-hybridized carbons (Fsp3) is 0. The predicted octanol–water partition coefficient (Wildman–Crippen LogP) is 36.2. The lowest BCUT2D eigenvalue weighted by Gasteiger charge is -2.11. The van der Waals surface area contributed by atoms with E-state index >= 15 is 0 Å². The summed E-state index contributed by atoms with van der Waals surface area (Å²) in [5.74, 6) is 0. The summed E-state index contributed by atoms with van der Waals surface area (Å²) >= 11 is 1.88. The number of rotatable bonds is 11. The number of para-hydroxylation sites is 5. The number of furan rings is 5. The third-order valence-corrected chi connectivity index (χ3v) is 29.9. The van der Waals surface area contributed by atoms with Crippen molar-refractivity contribution < 1.29 is 22.1 Å². The molecule has 626 valence electrons. The van der Waals surface area contributed by atoms with Gasteiger partial charge in [-0.15, -0.1) is 11.3 Å². The molecule has 21 aromatic carbocycles. The van der Waals surface area contributed by atoms with Gasteiger partial charge in [-0.05, 0) is 235 Å². The molecule has 0 aliphatic heterocycles. The van der Waals surface area contributed by atoms with E-state index in [0.717, 1.165) is 260 Å². The minimum absolute atomic E-state index is 0.824. The highest BCUT2D eigenvalue weighted by atomic mass is 32.1. The number of hydrogen-bond acceptors (Lipinski definition) is 6. The van der Waals surface area contributed by atoms with Crippen molar-refractivity contribution in [1.29, 1.82) is 0 Å². The lowest BCUT2D eigenvalue weighted by atomic mass is 9.99. The van der Waals surface area contributed by atoms with Crippen LogP contribution in [0.2, 0.25) is 0 Å². The van der Waals surface area contributed by atoms with E-state index in [1.54, 1.807) is 0 Å². The van der Waals surface area contributed by atoms with E-state index in [0.29, 0.717) is 0 Å². The van der Waals surface area contributed by atoms with Gasteiger partial charge in [-0.1, -0.05) is 279 Å². The van der Waals surface area contributed by atoms with E-state index in [1.165, 1.54) is 41.8 Å². The van der Waals surface area contributed by atoms with Crippen LogP contribution >= 0.6 is 11.3 Å². The molecule has 0 aliphatic carbocycles. The van der Waals surface area contributed by atoms with Crippen molar-refractivity contribution >= 4 is 207 Å². The van der Waals surface area contributed by atoms with Crippen molar-refractivity contribution in [2.24, 2.45) is 0 Å². The molecule has 9 heteroatoms. The molecule has 0 unspecified atom stereocenters. The summed E-state index contributed by atoms with van der Waals surface area (Å²) in [5.41, 5.74) is 36.6. The van der Waals surface area contributed by atoms with Gasteiger partial charge < -0.3 is 35.8 Å². The van der Waals surface area contributed by atoms with Crippen LogP contribution in [-0.2, 0) is 0 Å². The van der Waals surface area contributed by atoms with Gasteiger partial charge in [0.2, 0.25) is 0 Å². The Kier molecular flexibility index (Phi) is 15.6. The number of hydrogen-bond donors (Lipinski definition) is 0. The zero-order valence-electron chi connectivity index (χ0n) is 72.3. The second kappa shape index (κ2) is 28.4. The van der Waals surface area contributed by atoms with Crippen molar-refractivity contribution in [3.05, 3.63) is 431 Å². The van der Waals surface area contributed by atoms with Gasteiger partial charge in [-0.2, -0.15) is 0 Å². The van der Waals surface area contributed by atoms with Crippen LogP contribution in [0.25, 0.3) is 301 Å². The summed E-state index contributed by atoms with van der Waals surface area (Å²) in [7, 11) is 0. The van der Waals surface area contributed by atoms with Crippen LogP contribution in [0, 0.1) is 0 Å². The van der Waals surface area contributed by atoms with E-state index < -0.39 is 0 Å². The number of thiophene rings is 1. The second-order valence-electron chi connectivity index (χ2n) is 36.0. The van der Waals surface area contributed by atoms with E-state index in [-0.39, 0.29) is 0 Å². The molecule has 0 saturated carbocycles. The molecule has 0 atom stereocenters. The Morgan fingerprint density at radius 2 is 0.489 bits per heavy atom. The van der Waals surface area contributed by atoms with Crippen molar-refractivity contribution in [2.75, 3.05) is 0 Å². The molecule has 30 aromatic rings. The first-order chi connectivity index (χ1) is 66.8. The Hall–Kier alpha value is -17.8. The quantitative estimate of drug-likeness (QED) is 0.129. The molecule has 0 fully saturated rings. The molecule has 0 saturated heterocycles. The SMILES string of the molecule is c1ccc2c(c1)oc1ccc(-c3ccc(-c4ccc(-n5c6cc(-c7cccc8c7oc7ccc9c%10ccccc%10n(-c%10ccc(-c%11ccc(-c%12ccc%13oc%14ccccc%14c%13c%12)cc%11)cc%10)c9c78)ccc6c6cc7oc8ccc(-c9ccc%10c%11ccc%12c%13ccccc%13sc%12c%11n(-c%11ccc(-c%12ccc(-c%13ccc%14oc%15ccccc%15c%14c%13)cc%12)cc%11)c%10c9)cc8c7cc65)cc4)cc3)cc12. The molecule has 9 heterocycles. The van der Waals surface area contributed by atoms with Gasteiger partial charge in [0.05, 0.1) is 43.2 Å². The summed E-state index contributed by atoms with van der Waals surface area (Å²) in [6, 6.07) is 157. The number of aromatic nitrogens is 3. The summed E-state index contributed by atoms with van der Waals surface area (Å²) in [6.45, 7) is 0. The fourth-order valence-electron chi connectivity index (χ4n) is 22.2. The van der Waals surface area contributed by atoms with Gasteiger partial charge in [0.1, 0.15) is 55.8 Å². The summed E-state index contributed by atoms with van der Waals surface area (Å²) in [5, 5.41) is 20.4. The van der Waals surface area contributed by atoms with E-state index in [9.17, 15) is 0 Å². The fourth-order valence-corrected chi connectivity index (χ4v) is 23.4. The summed E-state index contributed by atoms with van der Waals surface area (Å²) < 4.78 is 42.9. The molecule has 0 N–H and O–H groups in total. The smallest absolute Gasteiger partial charge is 0.143 e. The average molecular weight is 1740 g/mol. The highest BCUT2D eigenvalue weighted by Gasteiger charge is 2.27. The molecular weight excluding hydrogens is 1670 g/mol. The molecule has 30 rings (SSSR count). The molecule has 0 aliphatic rings. The average Bonchev–Trinajstić information content (AvgIpc) is 1.55. The normalized spacial score (nSPS) is 12.3. The predicted molar refractivity (Wildman–Crippen MR) is 562 cm³/mol. The van der Waals surface area contributed by atoms with Gasteiger partial charge in [0, 0.05) is 119 Å². The van der Waals surface area contributed by atoms with Crippen LogP contribution in [0.5, 0.6) is 0 Å². The van der Waals surface area contributed by atoms with Crippen LogP contribution in [-0.4, -0.2) is 13.7 Å². The van der Waals surface area contributed by atoms with Gasteiger partial charge >= 0.3 is 0 Å². The summed E-state index contributed by atoms with van der Waals surface area (Å²) in [6.07, 6.45) is 0. The Labute approximate surface area is 773 Å². The molecule has 0 spiro atoms. The highest BCUT2D eigenvalue weighted by Crippen LogP contribution is 2.50. The van der Waals surface area contributed by atoms with E-state index in [2.05, 4.69) is 408 Å². The number of fused-ring (bicyclic) bond motifs is 29. The van der Waals surface area contributed by atoms with E-state index in [4.69, 9.17) is 22.1 Å². The standard InChI is InChI=1S/C126H71N3O5S/c1-6-19-108-91(12-1)98-58-63-119-122(123(98)128(108)88-50-38-76(39-51-88)73-26-32-79(33-27-73)82-45-60-116-104(65-82)95-14-3-8-21-113(95)131-116)101-18-11-17-90(125(101)134-119)86-43-55-93-102-71-120-107(70-111(102)127(109(93)69-86)87-48-36-75(37-49-87)72-24-30-78(31-25-72)81-44-59-115-103(64-81)94-13-2-7-20-112(94)130-115)106-67-84(47-62-118(106)133-120)85-42-54-92-99-56-57-100-97-16-5-10-23-121(97)135-126(100)124(99)129(110(92)68-85)89-52-40-77(41-53-89)74-28-34-80(35-29-74)83-46-61-117-105(66-83)96-15-4-9-22-114(96)132-117/h1-71H. The maximum Gasteiger partial charge on any atom is 0.143 e. The van der Waals surface area contributed by atoms with Gasteiger partial charge in [0.15, 0.2) is 0 Å². The topological polar surface area (TPSA) is 80.5 Å². The van der Waals surface area contributed by atoms with Gasteiger partial charge in [-0.3, -0.25) is 0 Å². The first kappa shape index (κ1) is 74.1. The number of nitrogens with zero attached hydrogens (tertiary/aromatic N) is 3. The molecule has 0 amide bonds. The number of benzene rings is 21. The van der Waals surface area contributed by atoms with Crippen LogP contribution < -0.4 is 0 Å². The Morgan fingerprint density at radius 3 is 1.03 bits per heavy atom. The van der Waals surface area contributed by atoms with Crippen molar-refractivity contribution in [3.63, 3.8) is 0 Å². The Balaban J connectivity index is 0.536. The molecule has 135 heavy (non-hydrogen) atoms. The largest absolute Gasteiger partial charge is 0.456 e. The van der Waals surface area contributed by atoms with Crippen LogP contribution in [0.1, 0.15) is 0 Å².